The molecule has 0 unspecified atom stereocenters. The van der Waals surface area contributed by atoms with Crippen molar-refractivity contribution >= 4 is 11.7 Å². The molecule has 0 bridgehead atoms. The molecule has 4 aliphatic carbocycles. The number of rotatable bonds is 5. The van der Waals surface area contributed by atoms with Crippen molar-refractivity contribution < 1.29 is 9.90 Å². The summed E-state index contributed by atoms with van der Waals surface area (Å²) in [6.45, 7) is 11.0. The molecular formula is C32H50N4O2. The highest BCUT2D eigenvalue weighted by Gasteiger charge is 2.59. The van der Waals surface area contributed by atoms with Gasteiger partial charge in [-0.15, -0.1) is 0 Å². The van der Waals surface area contributed by atoms with E-state index in [1.807, 2.05) is 17.9 Å². The van der Waals surface area contributed by atoms with E-state index in [-0.39, 0.29) is 6.10 Å². The maximum Gasteiger partial charge on any atom is 0.222 e. The minimum atomic E-state index is -0.121. The Morgan fingerprint density at radius 3 is 2.63 bits per heavy atom. The summed E-state index contributed by atoms with van der Waals surface area (Å²) < 4.78 is 1.92. The van der Waals surface area contributed by atoms with Crippen LogP contribution < -0.4 is 4.90 Å². The maximum absolute atomic E-state index is 13.2. The lowest BCUT2D eigenvalue weighted by Crippen LogP contribution is -2.51. The predicted molar refractivity (Wildman–Crippen MR) is 152 cm³/mol. The van der Waals surface area contributed by atoms with Crippen molar-refractivity contribution in [1.29, 1.82) is 0 Å². The topological polar surface area (TPSA) is 61.6 Å². The highest BCUT2D eigenvalue weighted by atomic mass is 16.3. The quantitative estimate of drug-likeness (QED) is 0.524. The van der Waals surface area contributed by atoms with Crippen molar-refractivity contribution in [1.82, 2.24) is 14.7 Å². The van der Waals surface area contributed by atoms with Crippen LogP contribution in [0.1, 0.15) is 85.0 Å². The summed E-state index contributed by atoms with van der Waals surface area (Å²) in [4.78, 5) is 17.6. The molecule has 5 aliphatic rings. The first kappa shape index (κ1) is 26.4. The Hall–Kier alpha value is -1.82. The van der Waals surface area contributed by atoms with Crippen LogP contribution in [0.25, 0.3) is 0 Å². The molecule has 6 nitrogen and oxygen atoms in total. The maximum atomic E-state index is 13.2. The van der Waals surface area contributed by atoms with Crippen LogP contribution in [0.5, 0.6) is 0 Å². The van der Waals surface area contributed by atoms with Crippen LogP contribution in [0.4, 0.5) is 5.82 Å². The number of fused-ring (bicyclic) bond motifs is 5. The largest absolute Gasteiger partial charge is 0.393 e. The van der Waals surface area contributed by atoms with Gasteiger partial charge >= 0.3 is 0 Å². The Balaban J connectivity index is 1.05. The zero-order valence-electron chi connectivity index (χ0n) is 24.2. The van der Waals surface area contributed by atoms with Crippen LogP contribution in [0.15, 0.2) is 23.9 Å². The lowest BCUT2D eigenvalue weighted by molar-refractivity contribution is -0.132. The minimum Gasteiger partial charge on any atom is -0.393 e. The molecule has 2 heterocycles. The van der Waals surface area contributed by atoms with Gasteiger partial charge in [0.25, 0.3) is 0 Å². The molecule has 1 aliphatic heterocycles. The second kappa shape index (κ2) is 9.98. The van der Waals surface area contributed by atoms with E-state index in [0.717, 1.165) is 74.9 Å². The summed E-state index contributed by atoms with van der Waals surface area (Å²) in [5, 5.41) is 14.6. The number of anilines is 1. The van der Waals surface area contributed by atoms with Crippen molar-refractivity contribution in [3.8, 4) is 0 Å². The Bertz CT molecular complexity index is 1060. The molecule has 0 aromatic carbocycles. The molecule has 1 saturated heterocycles. The van der Waals surface area contributed by atoms with E-state index in [9.17, 15) is 9.90 Å². The molecule has 0 radical (unpaired) electrons. The third-order valence-electron chi connectivity index (χ3n) is 12.4. The zero-order valence-corrected chi connectivity index (χ0v) is 24.2. The summed E-state index contributed by atoms with van der Waals surface area (Å²) in [7, 11) is 1.98. The average Bonchev–Trinajstić information content (AvgIpc) is 3.50. The number of nitrogens with zero attached hydrogens (tertiary/aromatic N) is 4. The third kappa shape index (κ3) is 4.33. The number of aliphatic hydroxyl groups is 1. The smallest absolute Gasteiger partial charge is 0.222 e. The van der Waals surface area contributed by atoms with Crippen molar-refractivity contribution in [2.45, 2.75) is 91.1 Å². The monoisotopic (exact) mass is 522 g/mol. The second-order valence-electron chi connectivity index (χ2n) is 14.1. The van der Waals surface area contributed by atoms with Gasteiger partial charge in [0.1, 0.15) is 5.82 Å². The van der Waals surface area contributed by atoms with Gasteiger partial charge in [-0.1, -0.05) is 32.4 Å². The normalized spacial score (nSPS) is 39.7. The highest BCUT2D eigenvalue weighted by Crippen LogP contribution is 2.67. The van der Waals surface area contributed by atoms with E-state index in [1.165, 1.54) is 38.5 Å². The van der Waals surface area contributed by atoms with E-state index in [0.29, 0.717) is 29.1 Å². The van der Waals surface area contributed by atoms with Crippen LogP contribution >= 0.6 is 0 Å². The Labute approximate surface area is 229 Å². The Morgan fingerprint density at radius 2 is 1.89 bits per heavy atom. The van der Waals surface area contributed by atoms with Gasteiger partial charge in [0, 0.05) is 45.7 Å². The van der Waals surface area contributed by atoms with Crippen LogP contribution in [0.2, 0.25) is 0 Å². The molecule has 1 N–H and O–H groups in total. The molecule has 4 fully saturated rings. The van der Waals surface area contributed by atoms with Gasteiger partial charge in [-0.3, -0.25) is 9.48 Å². The molecule has 210 valence electrons. The summed E-state index contributed by atoms with van der Waals surface area (Å²) in [6.07, 6.45) is 15.7. The summed E-state index contributed by atoms with van der Waals surface area (Å²) in [6, 6.07) is 2.06. The molecule has 6 heteroatoms. The Morgan fingerprint density at radius 1 is 1.11 bits per heavy atom. The number of aromatic nitrogens is 2. The number of carbonyl (C=O) groups is 1. The van der Waals surface area contributed by atoms with E-state index in [1.54, 1.807) is 5.57 Å². The van der Waals surface area contributed by atoms with Crippen LogP contribution in [-0.4, -0.2) is 58.0 Å². The number of hydrogen-bond acceptors (Lipinski definition) is 4. The molecule has 1 aromatic heterocycles. The SMILES string of the molecule is C[C@H](CCC(=O)N1CCN(c2ccnn2C)CC1)[C@H]1CC[C@H]2[C@@H]3CC=C4C[C@@H](O)CC[C@]4(C)[C@H]3CC[C@]12C. The lowest BCUT2D eigenvalue weighted by Gasteiger charge is -2.58. The van der Waals surface area contributed by atoms with Crippen molar-refractivity contribution in [3.63, 3.8) is 0 Å². The van der Waals surface area contributed by atoms with Gasteiger partial charge in [-0.2, -0.15) is 5.10 Å². The van der Waals surface area contributed by atoms with Crippen molar-refractivity contribution in [2.24, 2.45) is 47.5 Å². The molecule has 8 atom stereocenters. The molecule has 6 rings (SSSR count). The molecule has 0 spiro atoms. The first-order valence-electron chi connectivity index (χ1n) is 15.6. The molecular weight excluding hydrogens is 472 g/mol. The van der Waals surface area contributed by atoms with Gasteiger partial charge in [-0.25, -0.2) is 0 Å². The van der Waals surface area contributed by atoms with E-state index >= 15 is 0 Å². The average molecular weight is 523 g/mol. The number of carbonyl (C=O) groups excluding carboxylic acids is 1. The fourth-order valence-corrected chi connectivity index (χ4v) is 10.2. The van der Waals surface area contributed by atoms with E-state index < -0.39 is 0 Å². The third-order valence-corrected chi connectivity index (χ3v) is 12.4. The standard InChI is InChI=1S/C32H50N4O2/c1-22(5-10-30(38)36-19-17-35(18-20-36)29-13-16-33-34(29)4)26-8-9-27-25-7-6-23-21-24(37)11-14-31(23,2)28(25)12-15-32(26,27)3/h6,13,16,22,24-28,37H,5,7-12,14-15,17-21H2,1-4H3/t22-,24+,25+,26-,27+,28+,31+,32-/m1/s1. The lowest BCUT2D eigenvalue weighted by atomic mass is 9.47. The number of allylic oxidation sites excluding steroid dienone is 1. The molecule has 3 saturated carbocycles. The van der Waals surface area contributed by atoms with Gasteiger partial charge in [0.15, 0.2) is 0 Å². The van der Waals surface area contributed by atoms with Crippen LogP contribution in [0, 0.1) is 40.4 Å². The van der Waals surface area contributed by atoms with E-state index in [4.69, 9.17) is 0 Å². The summed E-state index contributed by atoms with van der Waals surface area (Å²) in [5.74, 6) is 5.28. The summed E-state index contributed by atoms with van der Waals surface area (Å²) >= 11 is 0. The van der Waals surface area contributed by atoms with Crippen molar-refractivity contribution in [2.75, 3.05) is 31.1 Å². The molecule has 1 aromatic rings. The minimum absolute atomic E-state index is 0.121. The first-order chi connectivity index (χ1) is 18.2. The fraction of sp³-hybridized carbons (Fsp3) is 0.812. The fourth-order valence-electron chi connectivity index (χ4n) is 10.2. The predicted octanol–water partition coefficient (Wildman–Crippen LogP) is 5.42. The Kier molecular flexibility index (Phi) is 6.93. The van der Waals surface area contributed by atoms with Gasteiger partial charge in [0.2, 0.25) is 5.91 Å². The number of amides is 1. The van der Waals surface area contributed by atoms with E-state index in [2.05, 4.69) is 47.8 Å². The first-order valence-corrected chi connectivity index (χ1v) is 15.6. The number of aryl methyl sites for hydroxylation is 1. The molecule has 38 heavy (non-hydrogen) atoms. The highest BCUT2D eigenvalue weighted by molar-refractivity contribution is 5.76. The number of piperazine rings is 1. The van der Waals surface area contributed by atoms with Crippen molar-refractivity contribution in [3.05, 3.63) is 23.9 Å². The zero-order chi connectivity index (χ0) is 26.7. The number of hydrogen-bond donors (Lipinski definition) is 1. The van der Waals surface area contributed by atoms with Gasteiger partial charge in [0.05, 0.1) is 12.3 Å². The molecule has 1 amide bonds. The van der Waals surface area contributed by atoms with Crippen LogP contribution in [0.3, 0.4) is 0 Å². The summed E-state index contributed by atoms with van der Waals surface area (Å²) in [5.41, 5.74) is 2.32. The second-order valence-corrected chi connectivity index (χ2v) is 14.1. The van der Waals surface area contributed by atoms with Gasteiger partial charge in [-0.05, 0) is 98.2 Å². The van der Waals surface area contributed by atoms with Crippen LogP contribution in [-0.2, 0) is 11.8 Å². The van der Waals surface area contributed by atoms with Gasteiger partial charge < -0.3 is 14.9 Å². The number of aliphatic hydroxyl groups excluding tert-OH is 1.